The molecule has 0 saturated heterocycles. The Hall–Kier alpha value is -0.470. The van der Waals surface area contributed by atoms with Crippen molar-refractivity contribution in [1.82, 2.24) is 4.98 Å². The van der Waals surface area contributed by atoms with Gasteiger partial charge < -0.3 is 4.74 Å². The third-order valence-corrected chi connectivity index (χ3v) is 2.14. The summed E-state index contributed by atoms with van der Waals surface area (Å²) in [5.41, 5.74) is 0.851. The van der Waals surface area contributed by atoms with Crippen molar-refractivity contribution in [2.75, 3.05) is 6.61 Å². The second kappa shape index (κ2) is 5.30. The molecule has 0 aliphatic carbocycles. The fraction of sp³-hybridized carbons (Fsp3) is 0.444. The molecule has 0 aliphatic rings. The maximum absolute atomic E-state index is 5.83. The van der Waals surface area contributed by atoms with Crippen LogP contribution in [0.5, 0.6) is 5.88 Å². The highest BCUT2D eigenvalue weighted by Gasteiger charge is 2.02. The summed E-state index contributed by atoms with van der Waals surface area (Å²) >= 11 is 11.5. The molecule has 0 aromatic carbocycles. The molecule has 0 radical (unpaired) electrons. The quantitative estimate of drug-likeness (QED) is 0.726. The standard InChI is InChI=1S/C9H11Cl2NO/c1-2-3-13-9-4-7(5-10)8(11)6-12-9/h4,6H,2-3,5H2,1H3. The Morgan fingerprint density at radius 3 is 2.92 bits per heavy atom. The van der Waals surface area contributed by atoms with E-state index in [1.165, 1.54) is 0 Å². The van der Waals surface area contributed by atoms with Crippen LogP contribution in [0, 0.1) is 0 Å². The van der Waals surface area contributed by atoms with Crippen molar-refractivity contribution in [3.05, 3.63) is 22.8 Å². The molecule has 1 heterocycles. The summed E-state index contributed by atoms with van der Waals surface area (Å²) in [6.07, 6.45) is 2.52. The molecule has 0 N–H and O–H groups in total. The summed E-state index contributed by atoms with van der Waals surface area (Å²) in [5.74, 6) is 0.964. The van der Waals surface area contributed by atoms with Crippen molar-refractivity contribution >= 4 is 23.2 Å². The van der Waals surface area contributed by atoms with Crippen molar-refractivity contribution in [1.29, 1.82) is 0 Å². The predicted octanol–water partition coefficient (Wildman–Crippen LogP) is 3.26. The highest BCUT2D eigenvalue weighted by Crippen LogP contribution is 2.20. The van der Waals surface area contributed by atoms with Crippen LogP contribution < -0.4 is 4.74 Å². The van der Waals surface area contributed by atoms with E-state index < -0.39 is 0 Å². The molecule has 4 heteroatoms. The molecular formula is C9H11Cl2NO. The lowest BCUT2D eigenvalue weighted by Gasteiger charge is -2.05. The molecule has 1 rings (SSSR count). The van der Waals surface area contributed by atoms with E-state index in [0.29, 0.717) is 23.4 Å². The SMILES string of the molecule is CCCOc1cc(CCl)c(Cl)cn1. The predicted molar refractivity (Wildman–Crippen MR) is 54.6 cm³/mol. The molecule has 72 valence electrons. The van der Waals surface area contributed by atoms with Gasteiger partial charge in [0, 0.05) is 18.1 Å². The minimum absolute atomic E-state index is 0.379. The molecule has 0 spiro atoms. The van der Waals surface area contributed by atoms with Crippen LogP contribution >= 0.6 is 23.2 Å². The largest absolute Gasteiger partial charge is 0.478 e. The molecule has 1 aromatic rings. The van der Waals surface area contributed by atoms with Gasteiger partial charge in [-0.15, -0.1) is 11.6 Å². The van der Waals surface area contributed by atoms with Gasteiger partial charge in [-0.25, -0.2) is 4.98 Å². The maximum atomic E-state index is 5.83. The summed E-state index contributed by atoms with van der Waals surface area (Å²) in [6.45, 7) is 2.70. The molecule has 0 atom stereocenters. The molecule has 0 fully saturated rings. The van der Waals surface area contributed by atoms with Crippen molar-refractivity contribution in [3.63, 3.8) is 0 Å². The first-order valence-electron chi connectivity index (χ1n) is 4.11. The third-order valence-electron chi connectivity index (χ3n) is 1.51. The van der Waals surface area contributed by atoms with Gasteiger partial charge in [0.2, 0.25) is 5.88 Å². The Kier molecular flexibility index (Phi) is 4.33. The van der Waals surface area contributed by atoms with Gasteiger partial charge in [0.1, 0.15) is 0 Å². The first kappa shape index (κ1) is 10.6. The average molecular weight is 220 g/mol. The number of nitrogens with zero attached hydrogens (tertiary/aromatic N) is 1. The average Bonchev–Trinajstić information content (AvgIpc) is 2.16. The van der Waals surface area contributed by atoms with E-state index in [2.05, 4.69) is 4.98 Å². The van der Waals surface area contributed by atoms with Crippen molar-refractivity contribution in [2.45, 2.75) is 19.2 Å². The Labute approximate surface area is 87.8 Å². The highest BCUT2D eigenvalue weighted by atomic mass is 35.5. The number of hydrogen-bond donors (Lipinski definition) is 0. The molecule has 0 saturated carbocycles. The molecule has 0 bridgehead atoms. The molecular weight excluding hydrogens is 209 g/mol. The van der Waals surface area contributed by atoms with Gasteiger partial charge in [0.25, 0.3) is 0 Å². The lowest BCUT2D eigenvalue weighted by molar-refractivity contribution is 0.305. The topological polar surface area (TPSA) is 22.1 Å². The number of ether oxygens (including phenoxy) is 1. The zero-order valence-corrected chi connectivity index (χ0v) is 8.90. The number of hydrogen-bond acceptors (Lipinski definition) is 2. The lowest BCUT2D eigenvalue weighted by atomic mass is 10.3. The Morgan fingerprint density at radius 1 is 1.54 bits per heavy atom. The van der Waals surface area contributed by atoms with Gasteiger partial charge >= 0.3 is 0 Å². The minimum Gasteiger partial charge on any atom is -0.478 e. The van der Waals surface area contributed by atoms with Crippen LogP contribution in [0.15, 0.2) is 12.3 Å². The summed E-state index contributed by atoms with van der Waals surface area (Å²) in [6, 6.07) is 1.77. The van der Waals surface area contributed by atoms with E-state index in [1.54, 1.807) is 12.3 Å². The lowest BCUT2D eigenvalue weighted by Crippen LogP contribution is -1.97. The van der Waals surface area contributed by atoms with Crippen molar-refractivity contribution < 1.29 is 4.74 Å². The van der Waals surface area contributed by atoms with E-state index in [4.69, 9.17) is 27.9 Å². The number of aromatic nitrogens is 1. The number of alkyl halides is 1. The van der Waals surface area contributed by atoms with Crippen LogP contribution in [-0.4, -0.2) is 11.6 Å². The van der Waals surface area contributed by atoms with Crippen LogP contribution in [0.4, 0.5) is 0 Å². The molecule has 1 aromatic heterocycles. The smallest absolute Gasteiger partial charge is 0.213 e. The molecule has 0 aliphatic heterocycles. The van der Waals surface area contributed by atoms with Gasteiger partial charge in [0.15, 0.2) is 0 Å². The van der Waals surface area contributed by atoms with E-state index in [0.717, 1.165) is 12.0 Å². The Bertz CT molecular complexity index is 278. The Balaban J connectivity index is 2.74. The highest BCUT2D eigenvalue weighted by molar-refractivity contribution is 6.32. The fourth-order valence-electron chi connectivity index (χ4n) is 0.846. The molecule has 0 amide bonds. The van der Waals surface area contributed by atoms with Gasteiger partial charge in [-0.1, -0.05) is 18.5 Å². The zero-order valence-electron chi connectivity index (χ0n) is 7.39. The van der Waals surface area contributed by atoms with Crippen LogP contribution in [0.2, 0.25) is 5.02 Å². The minimum atomic E-state index is 0.379. The number of rotatable bonds is 4. The summed E-state index contributed by atoms with van der Waals surface area (Å²) in [7, 11) is 0. The molecule has 2 nitrogen and oxygen atoms in total. The Morgan fingerprint density at radius 2 is 2.31 bits per heavy atom. The van der Waals surface area contributed by atoms with Crippen LogP contribution in [0.25, 0.3) is 0 Å². The molecule has 0 unspecified atom stereocenters. The molecule has 13 heavy (non-hydrogen) atoms. The zero-order chi connectivity index (χ0) is 9.68. The van der Waals surface area contributed by atoms with Crippen molar-refractivity contribution in [3.8, 4) is 5.88 Å². The second-order valence-electron chi connectivity index (χ2n) is 2.60. The van der Waals surface area contributed by atoms with Crippen molar-refractivity contribution in [2.24, 2.45) is 0 Å². The number of pyridine rings is 1. The van der Waals surface area contributed by atoms with Gasteiger partial charge in [0.05, 0.1) is 11.6 Å². The monoisotopic (exact) mass is 219 g/mol. The van der Waals surface area contributed by atoms with Gasteiger partial charge in [-0.2, -0.15) is 0 Å². The second-order valence-corrected chi connectivity index (χ2v) is 3.27. The van der Waals surface area contributed by atoms with Crippen LogP contribution in [0.1, 0.15) is 18.9 Å². The van der Waals surface area contributed by atoms with Gasteiger partial charge in [-0.05, 0) is 12.0 Å². The summed E-state index contributed by atoms with van der Waals surface area (Å²) in [5, 5.41) is 0.582. The van der Waals surface area contributed by atoms with Crippen LogP contribution in [0.3, 0.4) is 0 Å². The van der Waals surface area contributed by atoms with E-state index >= 15 is 0 Å². The van der Waals surface area contributed by atoms with E-state index in [1.807, 2.05) is 6.92 Å². The summed E-state index contributed by atoms with van der Waals surface area (Å²) < 4.78 is 5.32. The van der Waals surface area contributed by atoms with E-state index in [9.17, 15) is 0 Å². The fourth-order valence-corrected chi connectivity index (χ4v) is 1.31. The first-order valence-corrected chi connectivity index (χ1v) is 5.02. The van der Waals surface area contributed by atoms with Gasteiger partial charge in [-0.3, -0.25) is 0 Å². The van der Waals surface area contributed by atoms with Crippen LogP contribution in [-0.2, 0) is 5.88 Å². The summed E-state index contributed by atoms with van der Waals surface area (Å²) in [4.78, 5) is 4.01. The van der Waals surface area contributed by atoms with E-state index in [-0.39, 0.29) is 0 Å². The third kappa shape index (κ3) is 3.05. The first-order chi connectivity index (χ1) is 6.27. The normalized spacial score (nSPS) is 10.1. The number of halogens is 2. The maximum Gasteiger partial charge on any atom is 0.213 e.